The lowest BCUT2D eigenvalue weighted by Gasteiger charge is -2.02. The summed E-state index contributed by atoms with van der Waals surface area (Å²) in [6.45, 7) is 0.522. The molecule has 0 spiro atoms. The Kier molecular flexibility index (Phi) is 5.00. The van der Waals surface area contributed by atoms with Crippen molar-refractivity contribution in [3.05, 3.63) is 42.0 Å². The number of benzene rings is 1. The van der Waals surface area contributed by atoms with Gasteiger partial charge in [-0.05, 0) is 12.1 Å². The van der Waals surface area contributed by atoms with Gasteiger partial charge >= 0.3 is 0 Å². The Labute approximate surface area is 91.7 Å². The van der Waals surface area contributed by atoms with Crippen molar-refractivity contribution < 1.29 is 9.53 Å². The van der Waals surface area contributed by atoms with Gasteiger partial charge in [-0.2, -0.15) is 0 Å². The fourth-order valence-corrected chi connectivity index (χ4v) is 1.22. The number of aldehydes is 1. The molecule has 0 heterocycles. The molecule has 2 nitrogen and oxygen atoms in total. The maximum atomic E-state index is 10.5. The van der Waals surface area contributed by atoms with Gasteiger partial charge in [-0.3, -0.25) is 4.79 Å². The lowest BCUT2D eigenvalue weighted by Crippen LogP contribution is -1.93. The second-order valence-electron chi connectivity index (χ2n) is 2.63. The number of allylic oxidation sites excluding steroid dienone is 1. The van der Waals surface area contributed by atoms with Crippen molar-refractivity contribution in [2.24, 2.45) is 0 Å². The van der Waals surface area contributed by atoms with Gasteiger partial charge in [0.2, 0.25) is 0 Å². The molecule has 0 saturated heterocycles. The molecule has 0 saturated carbocycles. The van der Waals surface area contributed by atoms with Gasteiger partial charge in [0.1, 0.15) is 18.6 Å². The monoisotopic (exact) mass is 254 g/mol. The van der Waals surface area contributed by atoms with Gasteiger partial charge in [-0.15, -0.1) is 0 Å². The van der Waals surface area contributed by atoms with Crippen molar-refractivity contribution in [2.75, 3.05) is 11.9 Å². The largest absolute Gasteiger partial charge is 0.490 e. The van der Waals surface area contributed by atoms with Crippen LogP contribution in [0.3, 0.4) is 0 Å². The first-order valence-corrected chi connectivity index (χ1v) is 5.38. The summed E-state index contributed by atoms with van der Waals surface area (Å²) in [6, 6.07) is 7.09. The molecular weight excluding hydrogens is 244 g/mol. The van der Waals surface area contributed by atoms with Crippen LogP contribution in [-0.2, 0) is 0 Å². The predicted octanol–water partition coefficient (Wildman–Crippen LogP) is 2.83. The van der Waals surface area contributed by atoms with E-state index >= 15 is 0 Å². The van der Waals surface area contributed by atoms with E-state index in [1.165, 1.54) is 0 Å². The third kappa shape index (κ3) is 3.75. The zero-order chi connectivity index (χ0) is 10.2. The van der Waals surface area contributed by atoms with E-state index in [-0.39, 0.29) is 0 Å². The first-order valence-electron chi connectivity index (χ1n) is 4.26. The molecule has 0 radical (unpaired) electrons. The van der Waals surface area contributed by atoms with E-state index in [1.807, 2.05) is 18.2 Å². The van der Waals surface area contributed by atoms with E-state index in [1.54, 1.807) is 18.2 Å². The molecule has 0 aliphatic rings. The average Bonchev–Trinajstić information content (AvgIpc) is 2.25. The van der Waals surface area contributed by atoms with Crippen molar-refractivity contribution in [1.29, 1.82) is 0 Å². The molecule has 0 atom stereocenters. The Morgan fingerprint density at radius 1 is 1.36 bits per heavy atom. The average molecular weight is 255 g/mol. The lowest BCUT2D eigenvalue weighted by atomic mass is 10.2. The van der Waals surface area contributed by atoms with Crippen LogP contribution in [0.5, 0.6) is 5.75 Å². The van der Waals surface area contributed by atoms with Crippen molar-refractivity contribution >= 4 is 22.2 Å². The van der Waals surface area contributed by atoms with Crippen LogP contribution < -0.4 is 4.74 Å². The maximum absolute atomic E-state index is 10.5. The highest BCUT2D eigenvalue weighted by Crippen LogP contribution is 2.11. The van der Waals surface area contributed by atoms with Gasteiger partial charge in [0.05, 0.1) is 0 Å². The highest BCUT2D eigenvalue weighted by Gasteiger charge is 1.93. The molecule has 14 heavy (non-hydrogen) atoms. The van der Waals surface area contributed by atoms with E-state index < -0.39 is 0 Å². The van der Waals surface area contributed by atoms with Crippen molar-refractivity contribution in [1.82, 2.24) is 0 Å². The SMILES string of the molecule is O=Cc1cccc(OC/C=C/CBr)c1. The zero-order valence-corrected chi connectivity index (χ0v) is 9.24. The summed E-state index contributed by atoms with van der Waals surface area (Å²) in [4.78, 5) is 10.5. The molecule has 0 aliphatic carbocycles. The van der Waals surface area contributed by atoms with Gasteiger partial charge < -0.3 is 4.74 Å². The molecule has 0 aliphatic heterocycles. The Balaban J connectivity index is 2.50. The van der Waals surface area contributed by atoms with Crippen LogP contribution in [0, 0.1) is 0 Å². The van der Waals surface area contributed by atoms with Crippen LogP contribution in [0.2, 0.25) is 0 Å². The molecule has 0 amide bonds. The highest BCUT2D eigenvalue weighted by molar-refractivity contribution is 9.09. The molecular formula is C11H11BrO2. The molecule has 1 rings (SSSR count). The van der Waals surface area contributed by atoms with E-state index in [0.29, 0.717) is 17.9 Å². The lowest BCUT2D eigenvalue weighted by molar-refractivity contribution is 0.112. The van der Waals surface area contributed by atoms with Gasteiger partial charge in [0.25, 0.3) is 0 Å². The van der Waals surface area contributed by atoms with E-state index in [2.05, 4.69) is 15.9 Å². The molecule has 0 fully saturated rings. The minimum atomic E-state index is 0.522. The molecule has 0 unspecified atom stereocenters. The summed E-state index contributed by atoms with van der Waals surface area (Å²) in [5.74, 6) is 0.717. The van der Waals surface area contributed by atoms with Crippen LogP contribution in [0.4, 0.5) is 0 Å². The van der Waals surface area contributed by atoms with Crippen molar-refractivity contribution in [3.63, 3.8) is 0 Å². The standard InChI is InChI=1S/C11H11BrO2/c12-6-1-2-7-14-11-5-3-4-10(8-11)9-13/h1-5,8-9H,6-7H2/b2-1+. The summed E-state index contributed by atoms with van der Waals surface area (Å²) in [5, 5.41) is 0.824. The molecule has 74 valence electrons. The van der Waals surface area contributed by atoms with Crippen molar-refractivity contribution in [3.8, 4) is 5.75 Å². The number of carbonyl (C=O) groups excluding carboxylic acids is 1. The smallest absolute Gasteiger partial charge is 0.150 e. The number of ether oxygens (including phenoxy) is 1. The fourth-order valence-electron chi connectivity index (χ4n) is 0.953. The fraction of sp³-hybridized carbons (Fsp3) is 0.182. The van der Waals surface area contributed by atoms with Gasteiger partial charge in [0.15, 0.2) is 0 Å². The van der Waals surface area contributed by atoms with Crippen molar-refractivity contribution in [2.45, 2.75) is 0 Å². The Hall–Kier alpha value is -1.09. The third-order valence-electron chi connectivity index (χ3n) is 1.60. The number of halogens is 1. The van der Waals surface area contributed by atoms with E-state index in [9.17, 15) is 4.79 Å². The normalized spacial score (nSPS) is 10.4. The number of alkyl halides is 1. The number of rotatable bonds is 5. The van der Waals surface area contributed by atoms with Crippen LogP contribution in [0.1, 0.15) is 10.4 Å². The molecule has 1 aromatic rings. The predicted molar refractivity (Wildman–Crippen MR) is 60.3 cm³/mol. The van der Waals surface area contributed by atoms with E-state index in [4.69, 9.17) is 4.74 Å². The second-order valence-corrected chi connectivity index (χ2v) is 3.27. The number of hydrogen-bond donors (Lipinski definition) is 0. The number of carbonyl (C=O) groups is 1. The summed E-state index contributed by atoms with van der Waals surface area (Å²) in [5.41, 5.74) is 0.631. The first kappa shape index (κ1) is 11.0. The highest BCUT2D eigenvalue weighted by atomic mass is 79.9. The Morgan fingerprint density at radius 2 is 2.21 bits per heavy atom. The van der Waals surface area contributed by atoms with Crippen LogP contribution in [0.25, 0.3) is 0 Å². The summed E-state index contributed by atoms with van der Waals surface area (Å²) in [6.07, 6.45) is 4.69. The quantitative estimate of drug-likeness (QED) is 0.459. The molecule has 0 N–H and O–H groups in total. The maximum Gasteiger partial charge on any atom is 0.150 e. The summed E-state index contributed by atoms with van der Waals surface area (Å²) >= 11 is 3.27. The zero-order valence-electron chi connectivity index (χ0n) is 7.65. The van der Waals surface area contributed by atoms with Crippen LogP contribution >= 0.6 is 15.9 Å². The van der Waals surface area contributed by atoms with Crippen LogP contribution in [0.15, 0.2) is 36.4 Å². The summed E-state index contributed by atoms with van der Waals surface area (Å²) < 4.78 is 5.38. The minimum absolute atomic E-state index is 0.522. The second kappa shape index (κ2) is 6.38. The third-order valence-corrected chi connectivity index (χ3v) is 1.97. The molecule has 3 heteroatoms. The van der Waals surface area contributed by atoms with Gasteiger partial charge in [0, 0.05) is 10.9 Å². The molecule has 1 aromatic carbocycles. The van der Waals surface area contributed by atoms with Crippen LogP contribution in [-0.4, -0.2) is 18.2 Å². The van der Waals surface area contributed by atoms with Gasteiger partial charge in [-0.1, -0.05) is 40.2 Å². The molecule has 0 aromatic heterocycles. The first-order chi connectivity index (χ1) is 6.86. The van der Waals surface area contributed by atoms with Gasteiger partial charge in [-0.25, -0.2) is 0 Å². The topological polar surface area (TPSA) is 26.3 Å². The summed E-state index contributed by atoms with van der Waals surface area (Å²) in [7, 11) is 0. The Bertz CT molecular complexity index is 321. The van der Waals surface area contributed by atoms with E-state index in [0.717, 1.165) is 11.6 Å². The molecule has 0 bridgehead atoms. The Morgan fingerprint density at radius 3 is 2.93 bits per heavy atom. The number of hydrogen-bond acceptors (Lipinski definition) is 2. The minimum Gasteiger partial charge on any atom is -0.490 e.